The molecule has 2 N–H and O–H groups in total. The summed E-state index contributed by atoms with van der Waals surface area (Å²) in [6.45, 7) is 21.2. The molecular formula is C27H46N4O6Si. The standard InChI is InChI=1S/C27H46N4O6Si/c1-19(29-24(32)36-26(2,3)4)16-35-17-20-13-21(30-25(33)37-27(5,6)7)14-23-22(20)15-28-31(23)18-34-11-12-38(8,9)10/h13-15,19H,11-12,16-18H2,1-10H3,(H,29,32)(H,30,33)/t19-/m1/s1. The lowest BCUT2D eigenvalue weighted by atomic mass is 10.1. The number of alkyl carbamates (subject to hydrolysis) is 1. The van der Waals surface area contributed by atoms with E-state index in [1.54, 1.807) is 10.9 Å². The highest BCUT2D eigenvalue weighted by atomic mass is 28.3. The summed E-state index contributed by atoms with van der Waals surface area (Å²) in [6.07, 6.45) is 0.738. The summed E-state index contributed by atoms with van der Waals surface area (Å²) in [5.41, 5.74) is 1.02. The molecule has 1 heterocycles. The third-order valence-electron chi connectivity index (χ3n) is 5.09. The molecule has 38 heavy (non-hydrogen) atoms. The Bertz CT molecular complexity index is 1080. The van der Waals surface area contributed by atoms with Gasteiger partial charge in [-0.1, -0.05) is 19.6 Å². The number of hydrogen-bond acceptors (Lipinski definition) is 7. The molecule has 2 rings (SSSR count). The molecule has 10 nitrogen and oxygen atoms in total. The number of hydrogen-bond donors (Lipinski definition) is 2. The van der Waals surface area contributed by atoms with Crippen molar-refractivity contribution in [2.75, 3.05) is 18.5 Å². The Balaban J connectivity index is 2.16. The Morgan fingerprint density at radius 3 is 2.24 bits per heavy atom. The molecule has 0 saturated heterocycles. The van der Waals surface area contributed by atoms with E-state index >= 15 is 0 Å². The maximum Gasteiger partial charge on any atom is 0.412 e. The van der Waals surface area contributed by atoms with Gasteiger partial charge in [0.05, 0.1) is 31.0 Å². The van der Waals surface area contributed by atoms with Crippen LogP contribution in [0.25, 0.3) is 10.9 Å². The molecule has 214 valence electrons. The largest absolute Gasteiger partial charge is 0.444 e. The van der Waals surface area contributed by atoms with Crippen molar-refractivity contribution in [1.82, 2.24) is 15.1 Å². The molecule has 2 amide bonds. The van der Waals surface area contributed by atoms with Crippen molar-refractivity contribution in [2.24, 2.45) is 0 Å². The van der Waals surface area contributed by atoms with Crippen molar-refractivity contribution in [3.8, 4) is 0 Å². The Labute approximate surface area is 227 Å². The zero-order chi connectivity index (χ0) is 28.7. The summed E-state index contributed by atoms with van der Waals surface area (Å²) >= 11 is 0. The molecule has 11 heteroatoms. The fraction of sp³-hybridized carbons (Fsp3) is 0.667. The summed E-state index contributed by atoms with van der Waals surface area (Å²) in [5.74, 6) is 0. The lowest BCUT2D eigenvalue weighted by Crippen LogP contribution is -2.39. The van der Waals surface area contributed by atoms with Gasteiger partial charge in [-0.05, 0) is 72.2 Å². The molecule has 2 aromatic rings. The van der Waals surface area contributed by atoms with Crippen molar-refractivity contribution in [1.29, 1.82) is 0 Å². The van der Waals surface area contributed by atoms with E-state index in [9.17, 15) is 9.59 Å². The minimum Gasteiger partial charge on any atom is -0.444 e. The Morgan fingerprint density at radius 1 is 1.00 bits per heavy atom. The fourth-order valence-corrected chi connectivity index (χ4v) is 4.15. The van der Waals surface area contributed by atoms with Crippen LogP contribution in [-0.2, 0) is 32.3 Å². The van der Waals surface area contributed by atoms with E-state index in [1.165, 1.54) is 0 Å². The van der Waals surface area contributed by atoms with Gasteiger partial charge in [0, 0.05) is 25.8 Å². The number of anilines is 1. The Morgan fingerprint density at radius 2 is 1.63 bits per heavy atom. The lowest BCUT2D eigenvalue weighted by molar-refractivity contribution is 0.0442. The number of ether oxygens (including phenoxy) is 4. The van der Waals surface area contributed by atoms with Crippen LogP contribution in [0.15, 0.2) is 18.3 Å². The first-order chi connectivity index (χ1) is 17.4. The quantitative estimate of drug-likeness (QED) is 0.256. The number of nitrogens with one attached hydrogen (secondary N) is 2. The molecule has 0 saturated carbocycles. The van der Waals surface area contributed by atoms with E-state index in [0.29, 0.717) is 19.0 Å². The first-order valence-corrected chi connectivity index (χ1v) is 16.8. The summed E-state index contributed by atoms with van der Waals surface area (Å²) in [6, 6.07) is 4.50. The van der Waals surface area contributed by atoms with Gasteiger partial charge in [-0.3, -0.25) is 5.32 Å². The molecule has 0 unspecified atom stereocenters. The highest BCUT2D eigenvalue weighted by Gasteiger charge is 2.20. The Kier molecular flexibility index (Phi) is 10.8. The van der Waals surface area contributed by atoms with Gasteiger partial charge in [-0.2, -0.15) is 5.10 Å². The maximum absolute atomic E-state index is 12.4. The minimum atomic E-state index is -1.20. The third kappa shape index (κ3) is 11.8. The predicted octanol–water partition coefficient (Wildman–Crippen LogP) is 6.13. The molecule has 0 bridgehead atoms. The second-order valence-electron chi connectivity index (χ2n) is 12.7. The second-order valence-corrected chi connectivity index (χ2v) is 18.4. The monoisotopic (exact) mass is 550 g/mol. The molecule has 0 aliphatic heterocycles. The van der Waals surface area contributed by atoms with Gasteiger partial charge in [-0.15, -0.1) is 0 Å². The van der Waals surface area contributed by atoms with E-state index in [-0.39, 0.29) is 19.3 Å². The van der Waals surface area contributed by atoms with Crippen molar-refractivity contribution in [3.63, 3.8) is 0 Å². The zero-order valence-electron chi connectivity index (χ0n) is 24.7. The van der Waals surface area contributed by atoms with E-state index in [1.807, 2.05) is 60.6 Å². The molecule has 1 aromatic carbocycles. The number of nitrogens with zero attached hydrogens (tertiary/aromatic N) is 2. The van der Waals surface area contributed by atoms with E-state index in [4.69, 9.17) is 18.9 Å². The van der Waals surface area contributed by atoms with Gasteiger partial charge in [0.1, 0.15) is 17.9 Å². The van der Waals surface area contributed by atoms with Crippen LogP contribution in [0.1, 0.15) is 54.0 Å². The number of carbonyl (C=O) groups excluding carboxylic acids is 2. The van der Waals surface area contributed by atoms with Crippen LogP contribution in [0.3, 0.4) is 0 Å². The number of aromatic nitrogens is 2. The SMILES string of the molecule is C[C@H](COCc1cc(NC(=O)OC(C)(C)C)cc2c1cnn2COCC[Si](C)(C)C)NC(=O)OC(C)(C)C. The summed E-state index contributed by atoms with van der Waals surface area (Å²) < 4.78 is 24.3. The first kappa shape index (κ1) is 31.6. The van der Waals surface area contributed by atoms with Crippen molar-refractivity contribution < 1.29 is 28.5 Å². The van der Waals surface area contributed by atoms with Crippen LogP contribution in [0, 0.1) is 0 Å². The van der Waals surface area contributed by atoms with Crippen LogP contribution < -0.4 is 10.6 Å². The van der Waals surface area contributed by atoms with Crippen LogP contribution in [-0.4, -0.2) is 60.5 Å². The average molecular weight is 551 g/mol. The second kappa shape index (κ2) is 12.9. The topological polar surface area (TPSA) is 113 Å². The average Bonchev–Trinajstić information content (AvgIpc) is 3.10. The molecule has 0 spiro atoms. The highest BCUT2D eigenvalue weighted by Crippen LogP contribution is 2.26. The van der Waals surface area contributed by atoms with E-state index in [2.05, 4.69) is 35.4 Å². The van der Waals surface area contributed by atoms with E-state index < -0.39 is 31.5 Å². The van der Waals surface area contributed by atoms with Gasteiger partial charge in [0.25, 0.3) is 0 Å². The molecule has 0 aliphatic rings. The van der Waals surface area contributed by atoms with Gasteiger partial charge in [-0.25, -0.2) is 14.3 Å². The normalized spacial score (nSPS) is 13.3. The number of fused-ring (bicyclic) bond motifs is 1. The highest BCUT2D eigenvalue weighted by molar-refractivity contribution is 6.76. The number of carbonyl (C=O) groups is 2. The van der Waals surface area contributed by atoms with Crippen LogP contribution in [0.5, 0.6) is 0 Å². The maximum atomic E-state index is 12.4. The smallest absolute Gasteiger partial charge is 0.412 e. The van der Waals surface area contributed by atoms with Gasteiger partial charge in [0.15, 0.2) is 0 Å². The van der Waals surface area contributed by atoms with Crippen LogP contribution in [0.2, 0.25) is 25.7 Å². The van der Waals surface area contributed by atoms with Gasteiger partial charge in [0.2, 0.25) is 0 Å². The van der Waals surface area contributed by atoms with Gasteiger partial charge < -0.3 is 24.3 Å². The minimum absolute atomic E-state index is 0.253. The molecular weight excluding hydrogens is 504 g/mol. The summed E-state index contributed by atoms with van der Waals surface area (Å²) in [4.78, 5) is 24.5. The van der Waals surface area contributed by atoms with E-state index in [0.717, 1.165) is 22.5 Å². The summed E-state index contributed by atoms with van der Waals surface area (Å²) in [7, 11) is -1.20. The molecule has 1 aromatic heterocycles. The molecule has 1 atom stereocenters. The lowest BCUT2D eigenvalue weighted by Gasteiger charge is -2.22. The molecule has 0 radical (unpaired) electrons. The third-order valence-corrected chi connectivity index (χ3v) is 6.80. The molecule has 0 aliphatic carbocycles. The van der Waals surface area contributed by atoms with Crippen LogP contribution in [0.4, 0.5) is 15.3 Å². The van der Waals surface area contributed by atoms with Crippen molar-refractivity contribution in [3.05, 3.63) is 23.9 Å². The van der Waals surface area contributed by atoms with Gasteiger partial charge >= 0.3 is 12.2 Å². The first-order valence-electron chi connectivity index (χ1n) is 13.1. The Hall–Kier alpha value is -2.63. The van der Waals surface area contributed by atoms with Crippen LogP contribution >= 0.6 is 0 Å². The van der Waals surface area contributed by atoms with Crippen molar-refractivity contribution >= 4 is 36.9 Å². The number of amides is 2. The molecule has 0 fully saturated rings. The summed E-state index contributed by atoms with van der Waals surface area (Å²) in [5, 5.41) is 11.0. The van der Waals surface area contributed by atoms with Crippen molar-refractivity contribution in [2.45, 2.75) is 105 Å². The number of benzene rings is 1. The zero-order valence-corrected chi connectivity index (χ0v) is 25.7. The predicted molar refractivity (Wildman–Crippen MR) is 152 cm³/mol. The number of rotatable bonds is 11. The fourth-order valence-electron chi connectivity index (χ4n) is 3.39.